The minimum absolute atomic E-state index is 0.00155. The van der Waals surface area contributed by atoms with Crippen molar-refractivity contribution < 1.29 is 28.2 Å². The molecule has 194 valence electrons. The maximum atomic E-state index is 12.9. The van der Waals surface area contributed by atoms with Gasteiger partial charge in [-0.2, -0.15) is 13.2 Å². The lowest BCUT2D eigenvalue weighted by atomic mass is 9.49. The summed E-state index contributed by atoms with van der Waals surface area (Å²) in [7, 11) is 0. The third-order valence-electron chi connectivity index (χ3n) is 9.94. The number of allylic oxidation sites excluding steroid dienone is 1. The van der Waals surface area contributed by atoms with E-state index in [4.69, 9.17) is 0 Å². The van der Waals surface area contributed by atoms with Crippen molar-refractivity contribution in [3.63, 3.8) is 0 Å². The molecule has 1 amide bonds. The standard InChI is InChI=1S/C28H38F3NO3/c1-17-4-9-23-22(15-32-25(35)18-5-7-19(8-6-18)28(29,30)31)24(11-13-26(17,23)2)27(3)12-10-21(34)14-20(27)16-33/h5-8,20-24,33-34H,1,4,9-16H2,2-3H3,(H,32,35). The number of alkyl halides is 3. The second kappa shape index (κ2) is 9.55. The zero-order valence-electron chi connectivity index (χ0n) is 20.7. The van der Waals surface area contributed by atoms with Crippen LogP contribution < -0.4 is 5.32 Å². The molecule has 7 unspecified atom stereocenters. The second-order valence-electron chi connectivity index (χ2n) is 11.6. The Morgan fingerprint density at radius 3 is 2.43 bits per heavy atom. The zero-order chi connectivity index (χ0) is 25.6. The van der Waals surface area contributed by atoms with E-state index in [0.717, 1.165) is 44.2 Å². The van der Waals surface area contributed by atoms with Crippen LogP contribution in [0.15, 0.2) is 36.4 Å². The highest BCUT2D eigenvalue weighted by Gasteiger charge is 2.56. The molecule has 7 heteroatoms. The molecule has 4 rings (SSSR count). The highest BCUT2D eigenvalue weighted by molar-refractivity contribution is 5.94. The van der Waals surface area contributed by atoms with E-state index in [0.29, 0.717) is 25.3 Å². The molecule has 3 N–H and O–H groups in total. The summed E-state index contributed by atoms with van der Waals surface area (Å²) in [4.78, 5) is 12.9. The maximum Gasteiger partial charge on any atom is 0.416 e. The van der Waals surface area contributed by atoms with Gasteiger partial charge in [-0.15, -0.1) is 0 Å². The maximum absolute atomic E-state index is 12.9. The van der Waals surface area contributed by atoms with E-state index in [2.05, 4.69) is 25.7 Å². The average molecular weight is 494 g/mol. The lowest BCUT2D eigenvalue weighted by molar-refractivity contribution is -0.137. The first kappa shape index (κ1) is 26.2. The van der Waals surface area contributed by atoms with Crippen LogP contribution in [0.4, 0.5) is 13.2 Å². The Labute approximate surface area is 206 Å². The van der Waals surface area contributed by atoms with Gasteiger partial charge in [0.25, 0.3) is 5.91 Å². The third kappa shape index (κ3) is 4.78. The first-order chi connectivity index (χ1) is 16.4. The first-order valence-electron chi connectivity index (χ1n) is 12.8. The SMILES string of the molecule is C=C1CCC2C(CNC(=O)c3ccc(C(F)(F)F)cc3)C(C3(C)CCC(O)CC3CO)CCC12C. The number of benzene rings is 1. The van der Waals surface area contributed by atoms with Crippen LogP contribution in [0, 0.1) is 34.5 Å². The number of hydrogen-bond donors (Lipinski definition) is 3. The summed E-state index contributed by atoms with van der Waals surface area (Å²) in [5, 5.41) is 23.5. The molecule has 0 bridgehead atoms. The van der Waals surface area contributed by atoms with Crippen LogP contribution in [-0.2, 0) is 6.18 Å². The molecule has 7 atom stereocenters. The Morgan fingerprint density at radius 2 is 1.80 bits per heavy atom. The Bertz CT molecular complexity index is 946. The molecule has 3 aliphatic rings. The van der Waals surface area contributed by atoms with Crippen LogP contribution in [-0.4, -0.2) is 35.4 Å². The Kier molecular flexibility index (Phi) is 7.15. The molecule has 3 aliphatic carbocycles. The molecule has 0 aromatic heterocycles. The fourth-order valence-corrected chi connectivity index (χ4v) is 7.59. The van der Waals surface area contributed by atoms with Crippen molar-refractivity contribution in [2.45, 2.75) is 71.1 Å². The van der Waals surface area contributed by atoms with E-state index in [1.165, 1.54) is 17.7 Å². The molecule has 1 aromatic carbocycles. The fourth-order valence-electron chi connectivity index (χ4n) is 7.59. The minimum Gasteiger partial charge on any atom is -0.396 e. The summed E-state index contributed by atoms with van der Waals surface area (Å²) in [6.07, 6.45) is 1.27. The molecule has 3 saturated carbocycles. The lowest BCUT2D eigenvalue weighted by Crippen LogP contribution is -2.53. The highest BCUT2D eigenvalue weighted by atomic mass is 19.4. The summed E-state index contributed by atoms with van der Waals surface area (Å²) in [6.45, 7) is 9.35. The third-order valence-corrected chi connectivity index (χ3v) is 9.94. The van der Waals surface area contributed by atoms with Gasteiger partial charge < -0.3 is 15.5 Å². The first-order valence-corrected chi connectivity index (χ1v) is 12.8. The van der Waals surface area contributed by atoms with Gasteiger partial charge in [0.15, 0.2) is 0 Å². The Balaban J connectivity index is 1.57. The molecule has 1 aromatic rings. The fraction of sp³-hybridized carbons (Fsp3) is 0.679. The van der Waals surface area contributed by atoms with Gasteiger partial charge in [-0.1, -0.05) is 26.0 Å². The van der Waals surface area contributed by atoms with Gasteiger partial charge in [-0.05, 0) is 104 Å². The van der Waals surface area contributed by atoms with Crippen LogP contribution in [0.3, 0.4) is 0 Å². The van der Waals surface area contributed by atoms with Crippen LogP contribution in [0.5, 0.6) is 0 Å². The average Bonchev–Trinajstić information content (AvgIpc) is 3.12. The van der Waals surface area contributed by atoms with Crippen molar-refractivity contribution in [3.05, 3.63) is 47.5 Å². The van der Waals surface area contributed by atoms with E-state index in [1.807, 2.05) is 0 Å². The van der Waals surface area contributed by atoms with Gasteiger partial charge in [0.05, 0.1) is 11.7 Å². The monoisotopic (exact) mass is 493 g/mol. The predicted molar refractivity (Wildman–Crippen MR) is 129 cm³/mol. The van der Waals surface area contributed by atoms with Crippen molar-refractivity contribution in [2.75, 3.05) is 13.2 Å². The quantitative estimate of drug-likeness (QED) is 0.468. The molecule has 0 aliphatic heterocycles. The molecule has 35 heavy (non-hydrogen) atoms. The van der Waals surface area contributed by atoms with E-state index in [1.54, 1.807) is 0 Å². The number of rotatable bonds is 5. The van der Waals surface area contributed by atoms with Crippen LogP contribution in [0.1, 0.15) is 74.7 Å². The highest BCUT2D eigenvalue weighted by Crippen LogP contribution is 2.63. The molecular formula is C28H38F3NO3. The molecular weight excluding hydrogens is 455 g/mol. The number of halogens is 3. The van der Waals surface area contributed by atoms with E-state index < -0.39 is 17.8 Å². The van der Waals surface area contributed by atoms with Gasteiger partial charge in [0.1, 0.15) is 0 Å². The largest absolute Gasteiger partial charge is 0.416 e. The van der Waals surface area contributed by atoms with Crippen LogP contribution in [0.2, 0.25) is 0 Å². The second-order valence-corrected chi connectivity index (χ2v) is 11.6. The number of carbonyl (C=O) groups is 1. The Hall–Kier alpha value is -1.86. The summed E-state index contributed by atoms with van der Waals surface area (Å²) < 4.78 is 38.7. The molecule has 0 spiro atoms. The number of fused-ring (bicyclic) bond motifs is 1. The number of carbonyl (C=O) groups excluding carboxylic acids is 1. The van der Waals surface area contributed by atoms with Crippen molar-refractivity contribution in [2.24, 2.45) is 34.5 Å². The molecule has 0 heterocycles. The lowest BCUT2D eigenvalue weighted by Gasteiger charge is -2.56. The number of aliphatic hydroxyl groups is 2. The molecule has 0 radical (unpaired) electrons. The summed E-state index contributed by atoms with van der Waals surface area (Å²) in [5.74, 6) is 0.414. The van der Waals surface area contributed by atoms with E-state index in [9.17, 15) is 28.2 Å². The number of nitrogens with one attached hydrogen (secondary N) is 1. The Morgan fingerprint density at radius 1 is 1.11 bits per heavy atom. The van der Waals surface area contributed by atoms with Crippen molar-refractivity contribution >= 4 is 5.91 Å². The smallest absolute Gasteiger partial charge is 0.396 e. The number of aliphatic hydroxyl groups excluding tert-OH is 2. The van der Waals surface area contributed by atoms with Gasteiger partial charge in [0, 0.05) is 18.7 Å². The summed E-state index contributed by atoms with van der Waals surface area (Å²) in [5.41, 5.74) is 0.568. The normalized spacial score (nSPS) is 37.7. The number of amides is 1. The van der Waals surface area contributed by atoms with Crippen LogP contribution in [0.25, 0.3) is 0 Å². The molecule has 0 saturated heterocycles. The van der Waals surface area contributed by atoms with E-state index >= 15 is 0 Å². The summed E-state index contributed by atoms with van der Waals surface area (Å²) in [6, 6.07) is 4.33. The number of hydrogen-bond acceptors (Lipinski definition) is 3. The van der Waals surface area contributed by atoms with Crippen LogP contribution >= 0.6 is 0 Å². The molecule has 3 fully saturated rings. The van der Waals surface area contributed by atoms with Crippen molar-refractivity contribution in [3.8, 4) is 0 Å². The van der Waals surface area contributed by atoms with Gasteiger partial charge >= 0.3 is 6.18 Å². The zero-order valence-corrected chi connectivity index (χ0v) is 20.7. The van der Waals surface area contributed by atoms with E-state index in [-0.39, 0.29) is 46.7 Å². The van der Waals surface area contributed by atoms with Crippen molar-refractivity contribution in [1.82, 2.24) is 5.32 Å². The van der Waals surface area contributed by atoms with Gasteiger partial charge in [0.2, 0.25) is 0 Å². The van der Waals surface area contributed by atoms with Gasteiger partial charge in [-0.3, -0.25) is 4.79 Å². The minimum atomic E-state index is -4.44. The molecule has 4 nitrogen and oxygen atoms in total. The van der Waals surface area contributed by atoms with Gasteiger partial charge in [-0.25, -0.2) is 0 Å². The predicted octanol–water partition coefficient (Wildman–Crippen LogP) is 5.59. The van der Waals surface area contributed by atoms with Crippen molar-refractivity contribution in [1.29, 1.82) is 0 Å². The summed E-state index contributed by atoms with van der Waals surface area (Å²) >= 11 is 0. The topological polar surface area (TPSA) is 69.6 Å².